The molecule has 0 aliphatic heterocycles. The minimum absolute atomic E-state index is 1.93. The van der Waals surface area contributed by atoms with Crippen molar-refractivity contribution in [1.29, 1.82) is 0 Å². The fourth-order valence-electron chi connectivity index (χ4n) is 0.468. The molecule has 0 amide bonds. The van der Waals surface area contributed by atoms with Crippen molar-refractivity contribution in [1.82, 2.24) is 0 Å². The van der Waals surface area contributed by atoms with E-state index in [1.807, 2.05) is 4.74 Å². The molecule has 0 aromatic heterocycles. The molecule has 0 atom stereocenters. The third-order valence-corrected chi connectivity index (χ3v) is 1.27. The highest BCUT2D eigenvalue weighted by Crippen LogP contribution is 2.42. The zero-order valence-electron chi connectivity index (χ0n) is 7.39. The molecule has 0 fully saturated rings. The monoisotopic (exact) mass is 280 g/mol. The second kappa shape index (κ2) is 4.70. The van der Waals surface area contributed by atoms with Crippen LogP contribution >= 0.6 is 0 Å². The Labute approximate surface area is 86.6 Å². The summed E-state index contributed by atoms with van der Waals surface area (Å²) in [5.41, 5.74) is 0. The van der Waals surface area contributed by atoms with Crippen LogP contribution in [0.25, 0.3) is 0 Å². The summed E-state index contributed by atoms with van der Waals surface area (Å²) in [4.78, 5) is 0. The Kier molecular flexibility index (Phi) is 4.43. The van der Waals surface area contributed by atoms with E-state index in [1.54, 1.807) is 0 Å². The Morgan fingerprint density at radius 3 is 1.59 bits per heavy atom. The fourth-order valence-corrected chi connectivity index (χ4v) is 0.468. The quantitative estimate of drug-likeness (QED) is 0.694. The van der Waals surface area contributed by atoms with Gasteiger partial charge < -0.3 is 0 Å². The van der Waals surface area contributed by atoms with Crippen LogP contribution in [0, 0.1) is 0 Å². The number of rotatable bonds is 5. The van der Waals surface area contributed by atoms with E-state index in [-0.39, 0.29) is 0 Å². The Hall–Kier alpha value is -1.00. The zero-order chi connectivity index (χ0) is 14.1. The van der Waals surface area contributed by atoms with Gasteiger partial charge in [0.15, 0.2) is 6.67 Å². The molecule has 0 aliphatic carbocycles. The molecule has 0 aliphatic rings. The van der Waals surface area contributed by atoms with Gasteiger partial charge >= 0.3 is 24.2 Å². The Morgan fingerprint density at radius 1 is 0.882 bits per heavy atom. The molecule has 0 rings (SSSR count). The maximum absolute atomic E-state index is 12.2. The molecule has 0 saturated heterocycles. The lowest BCUT2D eigenvalue weighted by Gasteiger charge is -2.26. The minimum Gasteiger partial charge on any atom is -0.244 e. The van der Waals surface area contributed by atoms with E-state index in [9.17, 15) is 43.9 Å². The van der Waals surface area contributed by atoms with Gasteiger partial charge in [-0.25, -0.2) is 9.13 Å². The predicted molar refractivity (Wildman–Crippen MR) is 32.3 cm³/mol. The SMILES string of the molecule is FCC(F)(F)C(F)(F)OC(F)(F)C(F)=C(F)F. The van der Waals surface area contributed by atoms with Gasteiger partial charge in [0.1, 0.15) is 0 Å². The van der Waals surface area contributed by atoms with E-state index in [4.69, 9.17) is 0 Å². The minimum atomic E-state index is -6.17. The summed E-state index contributed by atoms with van der Waals surface area (Å²) in [5.74, 6) is -9.49. The van der Waals surface area contributed by atoms with E-state index in [0.717, 1.165) is 0 Å². The first kappa shape index (κ1) is 16.0. The number of alkyl halides is 7. The van der Waals surface area contributed by atoms with Crippen molar-refractivity contribution >= 4 is 0 Å². The van der Waals surface area contributed by atoms with Crippen LogP contribution in [0.15, 0.2) is 11.9 Å². The molecule has 11 heteroatoms. The van der Waals surface area contributed by atoms with Crippen molar-refractivity contribution in [3.05, 3.63) is 11.9 Å². The largest absolute Gasteiger partial charge is 0.426 e. The number of ether oxygens (including phenoxy) is 1. The molecule has 102 valence electrons. The number of hydrogen-bond donors (Lipinski definition) is 0. The summed E-state index contributed by atoms with van der Waals surface area (Å²) >= 11 is 0. The van der Waals surface area contributed by atoms with Gasteiger partial charge in [0.2, 0.25) is 0 Å². The van der Waals surface area contributed by atoms with Crippen LogP contribution in [0.5, 0.6) is 0 Å². The highest BCUT2D eigenvalue weighted by molar-refractivity contribution is 5.00. The standard InChI is InChI=1S/C6H2F10O/c7-1-4(11,12)6(15,16)17-5(13,14)2(8)3(9)10/h1H2. The lowest BCUT2D eigenvalue weighted by atomic mass is 10.3. The summed E-state index contributed by atoms with van der Waals surface area (Å²) in [6, 6.07) is 0. The molecular formula is C6H2F10O. The van der Waals surface area contributed by atoms with E-state index < -0.39 is 36.7 Å². The van der Waals surface area contributed by atoms with Gasteiger partial charge in [-0.05, 0) is 0 Å². The molecule has 0 spiro atoms. The van der Waals surface area contributed by atoms with Crippen LogP contribution < -0.4 is 0 Å². The third kappa shape index (κ3) is 3.48. The average Bonchev–Trinajstić information content (AvgIpc) is 2.14. The zero-order valence-corrected chi connectivity index (χ0v) is 7.39. The van der Waals surface area contributed by atoms with Crippen molar-refractivity contribution in [2.24, 2.45) is 0 Å². The van der Waals surface area contributed by atoms with Crippen molar-refractivity contribution in [2.45, 2.75) is 18.1 Å². The van der Waals surface area contributed by atoms with Gasteiger partial charge in [0, 0.05) is 0 Å². The summed E-state index contributed by atoms with van der Waals surface area (Å²) in [5, 5.41) is 0. The molecule has 1 nitrogen and oxygen atoms in total. The number of halogens is 10. The van der Waals surface area contributed by atoms with Crippen LogP contribution in [0.2, 0.25) is 0 Å². The van der Waals surface area contributed by atoms with Gasteiger partial charge in [0.05, 0.1) is 0 Å². The molecule has 0 saturated carbocycles. The van der Waals surface area contributed by atoms with Crippen LogP contribution in [0.4, 0.5) is 43.9 Å². The first-order chi connectivity index (χ1) is 7.37. The summed E-state index contributed by atoms with van der Waals surface area (Å²) < 4.78 is 121. The molecule has 17 heavy (non-hydrogen) atoms. The second-order valence-corrected chi connectivity index (χ2v) is 2.55. The molecule has 0 aromatic carbocycles. The van der Waals surface area contributed by atoms with Crippen LogP contribution in [-0.2, 0) is 4.74 Å². The topological polar surface area (TPSA) is 9.23 Å². The average molecular weight is 280 g/mol. The second-order valence-electron chi connectivity index (χ2n) is 2.55. The lowest BCUT2D eigenvalue weighted by molar-refractivity contribution is -0.424. The predicted octanol–water partition coefficient (Wildman–Crippen LogP) is 3.87. The Morgan fingerprint density at radius 2 is 1.29 bits per heavy atom. The fraction of sp³-hybridized carbons (Fsp3) is 0.667. The van der Waals surface area contributed by atoms with Gasteiger partial charge in [-0.1, -0.05) is 0 Å². The summed E-state index contributed by atoms with van der Waals surface area (Å²) in [6.07, 6.45) is -15.9. The molecule has 0 radical (unpaired) electrons. The smallest absolute Gasteiger partial charge is 0.244 e. The normalized spacial score (nSPS) is 13.8. The van der Waals surface area contributed by atoms with Crippen LogP contribution in [0.1, 0.15) is 0 Å². The first-order valence-corrected chi connectivity index (χ1v) is 3.48. The summed E-state index contributed by atoms with van der Waals surface area (Å²) in [6.45, 7) is -3.11. The van der Waals surface area contributed by atoms with Gasteiger partial charge in [-0.3, -0.25) is 0 Å². The van der Waals surface area contributed by atoms with E-state index in [2.05, 4.69) is 0 Å². The van der Waals surface area contributed by atoms with Crippen LogP contribution in [-0.4, -0.2) is 24.8 Å². The van der Waals surface area contributed by atoms with Crippen molar-refractivity contribution < 1.29 is 48.6 Å². The van der Waals surface area contributed by atoms with Crippen molar-refractivity contribution in [3.8, 4) is 0 Å². The highest BCUT2D eigenvalue weighted by Gasteiger charge is 2.64. The molecule has 0 aromatic rings. The van der Waals surface area contributed by atoms with E-state index in [1.165, 1.54) is 0 Å². The Balaban J connectivity index is 5.15. The first-order valence-electron chi connectivity index (χ1n) is 3.48. The van der Waals surface area contributed by atoms with Gasteiger partial charge in [-0.15, -0.1) is 0 Å². The van der Waals surface area contributed by atoms with E-state index >= 15 is 0 Å². The summed E-state index contributed by atoms with van der Waals surface area (Å²) in [7, 11) is 0. The number of hydrogen-bond acceptors (Lipinski definition) is 1. The van der Waals surface area contributed by atoms with Crippen molar-refractivity contribution in [2.75, 3.05) is 6.67 Å². The molecule has 0 bridgehead atoms. The highest BCUT2D eigenvalue weighted by atomic mass is 19.3. The Bertz CT molecular complexity index is 304. The lowest BCUT2D eigenvalue weighted by Crippen LogP contribution is -2.48. The maximum Gasteiger partial charge on any atom is 0.426 e. The van der Waals surface area contributed by atoms with E-state index in [0.29, 0.717) is 0 Å². The molecule has 0 unspecified atom stereocenters. The maximum atomic E-state index is 12.2. The van der Waals surface area contributed by atoms with Gasteiger partial charge in [0.25, 0.3) is 5.83 Å². The van der Waals surface area contributed by atoms with Gasteiger partial charge in [-0.2, -0.15) is 39.5 Å². The molecular weight excluding hydrogens is 278 g/mol. The van der Waals surface area contributed by atoms with Crippen molar-refractivity contribution in [3.63, 3.8) is 0 Å². The van der Waals surface area contributed by atoms with Crippen LogP contribution in [0.3, 0.4) is 0 Å². The third-order valence-electron chi connectivity index (χ3n) is 1.27. The molecule has 0 heterocycles. The molecule has 0 N–H and O–H groups in total.